The van der Waals surface area contributed by atoms with Crippen molar-refractivity contribution >= 4 is 17.2 Å². The lowest BCUT2D eigenvalue weighted by Crippen LogP contribution is -2.26. The molecule has 0 unspecified atom stereocenters. The number of benzene rings is 1. The van der Waals surface area contributed by atoms with E-state index in [2.05, 4.69) is 15.3 Å². The number of carbonyl (C=O) groups is 1. The standard InChI is InChI=1S/C19H18FN3O2S/c1-13-6-7-15(10-22-13)25-11-18-23-14(12-26-18)8-9-21-19(24)16-4-2-3-5-17(16)20/h2-7,10,12H,8-9,11H2,1H3,(H,21,24). The maximum Gasteiger partial charge on any atom is 0.254 e. The zero-order valence-electron chi connectivity index (χ0n) is 14.2. The molecule has 0 fully saturated rings. The Balaban J connectivity index is 1.45. The summed E-state index contributed by atoms with van der Waals surface area (Å²) in [4.78, 5) is 20.6. The third-order valence-corrected chi connectivity index (χ3v) is 4.50. The molecule has 3 rings (SSSR count). The number of nitrogens with one attached hydrogen (secondary N) is 1. The number of rotatable bonds is 7. The maximum absolute atomic E-state index is 13.6. The number of ether oxygens (including phenoxy) is 1. The van der Waals surface area contributed by atoms with Crippen LogP contribution in [-0.2, 0) is 13.0 Å². The zero-order chi connectivity index (χ0) is 18.4. The minimum atomic E-state index is -0.524. The van der Waals surface area contributed by atoms with Crippen LogP contribution in [0.2, 0.25) is 0 Å². The SMILES string of the molecule is Cc1ccc(OCc2nc(CCNC(=O)c3ccccc3F)cs2)cn1. The molecule has 134 valence electrons. The highest BCUT2D eigenvalue weighted by molar-refractivity contribution is 7.09. The molecule has 5 nitrogen and oxygen atoms in total. The van der Waals surface area contributed by atoms with E-state index in [4.69, 9.17) is 4.74 Å². The molecule has 0 bridgehead atoms. The van der Waals surface area contributed by atoms with E-state index in [9.17, 15) is 9.18 Å². The molecule has 0 aliphatic carbocycles. The monoisotopic (exact) mass is 371 g/mol. The van der Waals surface area contributed by atoms with Gasteiger partial charge in [0.2, 0.25) is 0 Å². The number of amides is 1. The Morgan fingerprint density at radius 3 is 2.88 bits per heavy atom. The summed E-state index contributed by atoms with van der Waals surface area (Å²) in [5, 5.41) is 5.49. The molecule has 1 amide bonds. The van der Waals surface area contributed by atoms with Gasteiger partial charge in [-0.25, -0.2) is 9.37 Å². The predicted molar refractivity (Wildman–Crippen MR) is 97.9 cm³/mol. The lowest BCUT2D eigenvalue weighted by atomic mass is 10.2. The molecule has 2 heterocycles. The van der Waals surface area contributed by atoms with Crippen LogP contribution >= 0.6 is 11.3 Å². The molecule has 0 aliphatic rings. The van der Waals surface area contributed by atoms with Crippen LogP contribution in [0.4, 0.5) is 4.39 Å². The zero-order valence-corrected chi connectivity index (χ0v) is 15.1. The molecule has 26 heavy (non-hydrogen) atoms. The summed E-state index contributed by atoms with van der Waals surface area (Å²) in [6, 6.07) is 9.68. The molecule has 0 atom stereocenters. The van der Waals surface area contributed by atoms with E-state index in [0.717, 1.165) is 16.4 Å². The number of hydrogen-bond donors (Lipinski definition) is 1. The summed E-state index contributed by atoms with van der Waals surface area (Å²) < 4.78 is 19.2. The van der Waals surface area contributed by atoms with E-state index in [1.807, 2.05) is 24.4 Å². The normalized spacial score (nSPS) is 10.5. The molecule has 1 N–H and O–H groups in total. The minimum Gasteiger partial charge on any atom is -0.485 e. The van der Waals surface area contributed by atoms with Crippen molar-refractivity contribution in [2.24, 2.45) is 0 Å². The number of pyridine rings is 1. The molecule has 0 saturated heterocycles. The highest BCUT2D eigenvalue weighted by atomic mass is 32.1. The number of halogens is 1. The van der Waals surface area contributed by atoms with Gasteiger partial charge in [-0.3, -0.25) is 9.78 Å². The van der Waals surface area contributed by atoms with Crippen molar-refractivity contribution in [3.8, 4) is 5.75 Å². The van der Waals surface area contributed by atoms with Gasteiger partial charge in [0.05, 0.1) is 17.5 Å². The lowest BCUT2D eigenvalue weighted by molar-refractivity contribution is 0.0950. The molecule has 1 aromatic carbocycles. The number of thiazole rings is 1. The number of carbonyl (C=O) groups excluding carboxylic acids is 1. The number of aromatic nitrogens is 2. The third-order valence-electron chi connectivity index (χ3n) is 3.63. The van der Waals surface area contributed by atoms with E-state index in [-0.39, 0.29) is 5.56 Å². The first-order chi connectivity index (χ1) is 12.6. The van der Waals surface area contributed by atoms with Crippen LogP contribution in [0.3, 0.4) is 0 Å². The molecule has 0 aliphatic heterocycles. The number of hydrogen-bond acceptors (Lipinski definition) is 5. The summed E-state index contributed by atoms with van der Waals surface area (Å²) in [5.41, 5.74) is 1.85. The first-order valence-corrected chi connectivity index (χ1v) is 9.01. The van der Waals surface area contributed by atoms with Gasteiger partial charge in [-0.1, -0.05) is 12.1 Å². The van der Waals surface area contributed by atoms with Crippen molar-refractivity contribution in [2.75, 3.05) is 6.54 Å². The molecule has 3 aromatic rings. The Kier molecular flexibility index (Phi) is 5.91. The van der Waals surface area contributed by atoms with Crippen LogP contribution in [0.15, 0.2) is 48.0 Å². The number of nitrogens with zero attached hydrogens (tertiary/aromatic N) is 2. The Morgan fingerprint density at radius 1 is 1.27 bits per heavy atom. The van der Waals surface area contributed by atoms with Gasteiger partial charge < -0.3 is 10.1 Å². The molecule has 0 saturated carbocycles. The quantitative estimate of drug-likeness (QED) is 0.690. The highest BCUT2D eigenvalue weighted by Gasteiger charge is 2.10. The van der Waals surface area contributed by atoms with Crippen LogP contribution in [0.1, 0.15) is 26.8 Å². The second kappa shape index (κ2) is 8.53. The molecular weight excluding hydrogens is 353 g/mol. The third kappa shape index (κ3) is 4.86. The molecule has 0 spiro atoms. The Hall–Kier alpha value is -2.80. The first kappa shape index (κ1) is 18.0. The van der Waals surface area contributed by atoms with E-state index >= 15 is 0 Å². The van der Waals surface area contributed by atoms with Gasteiger partial charge in [0, 0.05) is 24.0 Å². The second-order valence-electron chi connectivity index (χ2n) is 5.64. The van der Waals surface area contributed by atoms with Gasteiger partial charge in [-0.2, -0.15) is 0 Å². The van der Waals surface area contributed by atoms with Crippen molar-refractivity contribution in [3.05, 3.63) is 75.8 Å². The van der Waals surface area contributed by atoms with Crippen molar-refractivity contribution in [1.29, 1.82) is 0 Å². The predicted octanol–water partition coefficient (Wildman–Crippen LogP) is 3.54. The van der Waals surface area contributed by atoms with Gasteiger partial charge in [0.15, 0.2) is 0 Å². The maximum atomic E-state index is 13.6. The Morgan fingerprint density at radius 2 is 2.12 bits per heavy atom. The number of aryl methyl sites for hydroxylation is 1. The van der Waals surface area contributed by atoms with Crippen LogP contribution in [0.25, 0.3) is 0 Å². The van der Waals surface area contributed by atoms with E-state index in [0.29, 0.717) is 25.3 Å². The van der Waals surface area contributed by atoms with Crippen LogP contribution in [0.5, 0.6) is 5.75 Å². The largest absolute Gasteiger partial charge is 0.485 e. The van der Waals surface area contributed by atoms with Crippen LogP contribution < -0.4 is 10.1 Å². The fourth-order valence-electron chi connectivity index (χ4n) is 2.26. The van der Waals surface area contributed by atoms with Crippen LogP contribution in [0, 0.1) is 12.7 Å². The van der Waals surface area contributed by atoms with Crippen molar-refractivity contribution in [2.45, 2.75) is 20.0 Å². The van der Waals surface area contributed by atoms with E-state index in [1.165, 1.54) is 23.5 Å². The average molecular weight is 371 g/mol. The summed E-state index contributed by atoms with van der Waals surface area (Å²) in [6.07, 6.45) is 2.25. The molecular formula is C19H18FN3O2S. The molecule has 0 radical (unpaired) electrons. The summed E-state index contributed by atoms with van der Waals surface area (Å²) in [7, 11) is 0. The smallest absolute Gasteiger partial charge is 0.254 e. The second-order valence-corrected chi connectivity index (χ2v) is 6.58. The van der Waals surface area contributed by atoms with Crippen molar-refractivity contribution in [3.63, 3.8) is 0 Å². The van der Waals surface area contributed by atoms with Gasteiger partial charge in [0.1, 0.15) is 23.2 Å². The fourth-order valence-corrected chi connectivity index (χ4v) is 3.00. The molecule has 7 heteroatoms. The topological polar surface area (TPSA) is 64.1 Å². The summed E-state index contributed by atoms with van der Waals surface area (Å²) in [6.45, 7) is 2.68. The van der Waals surface area contributed by atoms with E-state index in [1.54, 1.807) is 18.3 Å². The van der Waals surface area contributed by atoms with Gasteiger partial charge in [0.25, 0.3) is 5.91 Å². The fraction of sp³-hybridized carbons (Fsp3) is 0.211. The Bertz CT molecular complexity index is 881. The van der Waals surface area contributed by atoms with Gasteiger partial charge >= 0.3 is 0 Å². The summed E-state index contributed by atoms with van der Waals surface area (Å²) >= 11 is 1.50. The Labute approximate surface area is 154 Å². The highest BCUT2D eigenvalue weighted by Crippen LogP contribution is 2.15. The van der Waals surface area contributed by atoms with Crippen molar-refractivity contribution < 1.29 is 13.9 Å². The molecule has 2 aromatic heterocycles. The lowest BCUT2D eigenvalue weighted by Gasteiger charge is -2.05. The van der Waals surface area contributed by atoms with Gasteiger partial charge in [-0.05, 0) is 31.2 Å². The summed E-state index contributed by atoms with van der Waals surface area (Å²) in [5.74, 6) is -0.248. The average Bonchev–Trinajstić information content (AvgIpc) is 3.09. The minimum absolute atomic E-state index is 0.0478. The van der Waals surface area contributed by atoms with Crippen LogP contribution in [-0.4, -0.2) is 22.4 Å². The van der Waals surface area contributed by atoms with Crippen molar-refractivity contribution in [1.82, 2.24) is 15.3 Å². The van der Waals surface area contributed by atoms with E-state index < -0.39 is 11.7 Å². The van der Waals surface area contributed by atoms with Gasteiger partial charge in [-0.15, -0.1) is 11.3 Å². The first-order valence-electron chi connectivity index (χ1n) is 8.13.